The minimum atomic E-state index is -0.694. The molecule has 1 aliphatic carbocycles. The van der Waals surface area contributed by atoms with E-state index in [4.69, 9.17) is 5.11 Å². The van der Waals surface area contributed by atoms with E-state index in [1.165, 1.54) is 24.0 Å². The van der Waals surface area contributed by atoms with Crippen molar-refractivity contribution < 1.29 is 9.90 Å². The molecular formula is C8H12O2. The summed E-state index contributed by atoms with van der Waals surface area (Å²) in [7, 11) is 0. The summed E-state index contributed by atoms with van der Waals surface area (Å²) in [6, 6.07) is 0. The Hall–Kier alpha value is -0.790. The Kier molecular flexibility index (Phi) is 2.10. The Balaban J connectivity index is 2.25. The van der Waals surface area contributed by atoms with Crippen molar-refractivity contribution in [2.45, 2.75) is 32.6 Å². The maximum Gasteiger partial charge on any atom is 0.303 e. The molecule has 0 aromatic rings. The first-order valence-corrected chi connectivity index (χ1v) is 3.59. The van der Waals surface area contributed by atoms with E-state index < -0.39 is 5.97 Å². The minimum absolute atomic E-state index is 0.287. The number of rotatable bonds is 3. The zero-order valence-corrected chi connectivity index (χ0v) is 6.18. The first-order chi connectivity index (χ1) is 4.70. The normalized spacial score (nSPS) is 15.1. The summed E-state index contributed by atoms with van der Waals surface area (Å²) in [6.45, 7) is 2.03. The minimum Gasteiger partial charge on any atom is -0.481 e. The zero-order chi connectivity index (χ0) is 7.56. The van der Waals surface area contributed by atoms with Crippen LogP contribution < -0.4 is 0 Å². The molecule has 1 saturated carbocycles. The Morgan fingerprint density at radius 1 is 1.50 bits per heavy atom. The predicted molar refractivity (Wildman–Crippen MR) is 38.8 cm³/mol. The third kappa shape index (κ3) is 2.21. The highest BCUT2D eigenvalue weighted by molar-refractivity contribution is 5.67. The molecular weight excluding hydrogens is 128 g/mol. The summed E-state index contributed by atoms with van der Waals surface area (Å²) in [6.07, 6.45) is 3.43. The lowest BCUT2D eigenvalue weighted by molar-refractivity contribution is -0.136. The van der Waals surface area contributed by atoms with Gasteiger partial charge in [-0.2, -0.15) is 0 Å². The van der Waals surface area contributed by atoms with Gasteiger partial charge in [0.05, 0.1) is 0 Å². The van der Waals surface area contributed by atoms with E-state index in [0.29, 0.717) is 0 Å². The number of hydrogen-bond acceptors (Lipinski definition) is 1. The summed E-state index contributed by atoms with van der Waals surface area (Å²) in [5.41, 5.74) is 2.77. The van der Waals surface area contributed by atoms with Crippen molar-refractivity contribution in [3.8, 4) is 0 Å². The number of carboxylic acid groups (broad SMARTS) is 1. The van der Waals surface area contributed by atoms with E-state index >= 15 is 0 Å². The molecule has 1 N–H and O–H groups in total. The summed E-state index contributed by atoms with van der Waals surface area (Å²) in [4.78, 5) is 10.1. The highest BCUT2D eigenvalue weighted by Gasteiger charge is 2.14. The third-order valence-electron chi connectivity index (χ3n) is 1.82. The lowest BCUT2D eigenvalue weighted by atomic mass is 10.1. The number of carboxylic acids is 1. The molecule has 1 fully saturated rings. The van der Waals surface area contributed by atoms with Gasteiger partial charge in [0, 0.05) is 6.42 Å². The lowest BCUT2D eigenvalue weighted by Crippen LogP contribution is -1.93. The van der Waals surface area contributed by atoms with Crippen molar-refractivity contribution in [1.82, 2.24) is 0 Å². The molecule has 0 radical (unpaired) electrons. The molecule has 2 nitrogen and oxygen atoms in total. The first-order valence-electron chi connectivity index (χ1n) is 3.59. The molecule has 0 amide bonds. The van der Waals surface area contributed by atoms with Gasteiger partial charge in [-0.25, -0.2) is 0 Å². The van der Waals surface area contributed by atoms with Crippen LogP contribution in [0.4, 0.5) is 0 Å². The topological polar surface area (TPSA) is 37.3 Å². The maximum atomic E-state index is 10.1. The van der Waals surface area contributed by atoms with Crippen LogP contribution in [0.3, 0.4) is 0 Å². The molecule has 0 spiro atoms. The number of hydrogen-bond donors (Lipinski definition) is 1. The highest BCUT2D eigenvalue weighted by Crippen LogP contribution is 2.32. The van der Waals surface area contributed by atoms with E-state index in [0.717, 1.165) is 6.42 Å². The Labute approximate surface area is 60.6 Å². The van der Waals surface area contributed by atoms with Gasteiger partial charge in [0.15, 0.2) is 0 Å². The van der Waals surface area contributed by atoms with Crippen LogP contribution in [0.1, 0.15) is 32.6 Å². The molecule has 0 aromatic heterocycles. The van der Waals surface area contributed by atoms with Crippen molar-refractivity contribution in [2.75, 3.05) is 0 Å². The SMILES string of the molecule is CC(CCC(=O)O)=C1CC1. The summed E-state index contributed by atoms with van der Waals surface area (Å²) < 4.78 is 0. The van der Waals surface area contributed by atoms with E-state index in [1.807, 2.05) is 6.92 Å². The average Bonchev–Trinajstić information content (AvgIpc) is 2.63. The Morgan fingerprint density at radius 2 is 2.10 bits per heavy atom. The van der Waals surface area contributed by atoms with E-state index in [2.05, 4.69) is 0 Å². The van der Waals surface area contributed by atoms with Gasteiger partial charge >= 0.3 is 5.97 Å². The Morgan fingerprint density at radius 3 is 2.50 bits per heavy atom. The first kappa shape index (κ1) is 7.32. The van der Waals surface area contributed by atoms with Crippen LogP contribution in [0.25, 0.3) is 0 Å². The van der Waals surface area contributed by atoms with Gasteiger partial charge in [0.1, 0.15) is 0 Å². The van der Waals surface area contributed by atoms with E-state index in [1.54, 1.807) is 0 Å². The third-order valence-corrected chi connectivity index (χ3v) is 1.82. The number of aliphatic carboxylic acids is 1. The van der Waals surface area contributed by atoms with Gasteiger partial charge in [0.25, 0.3) is 0 Å². The molecule has 0 atom stereocenters. The standard InChI is InChI=1S/C8H12O2/c1-6(7-3-4-7)2-5-8(9)10/h2-5H2,1H3,(H,9,10). The molecule has 0 heterocycles. The van der Waals surface area contributed by atoms with E-state index in [-0.39, 0.29) is 6.42 Å². The molecule has 0 unspecified atom stereocenters. The fraction of sp³-hybridized carbons (Fsp3) is 0.625. The molecule has 0 saturated heterocycles. The second-order valence-electron chi connectivity index (χ2n) is 2.78. The van der Waals surface area contributed by atoms with Crippen molar-refractivity contribution in [1.29, 1.82) is 0 Å². The zero-order valence-electron chi connectivity index (χ0n) is 6.18. The molecule has 56 valence electrons. The highest BCUT2D eigenvalue weighted by atomic mass is 16.4. The smallest absolute Gasteiger partial charge is 0.303 e. The van der Waals surface area contributed by atoms with Crippen LogP contribution in [0.15, 0.2) is 11.1 Å². The molecule has 10 heavy (non-hydrogen) atoms. The molecule has 0 aliphatic heterocycles. The van der Waals surface area contributed by atoms with Crippen LogP contribution in [-0.4, -0.2) is 11.1 Å². The van der Waals surface area contributed by atoms with E-state index in [9.17, 15) is 4.79 Å². The van der Waals surface area contributed by atoms with Crippen LogP contribution in [0, 0.1) is 0 Å². The molecule has 0 bridgehead atoms. The summed E-state index contributed by atoms with van der Waals surface area (Å²) in [5, 5.41) is 8.34. The quantitative estimate of drug-likeness (QED) is 0.608. The second kappa shape index (κ2) is 2.86. The van der Waals surface area contributed by atoms with Gasteiger partial charge in [-0.3, -0.25) is 4.79 Å². The van der Waals surface area contributed by atoms with Crippen LogP contribution >= 0.6 is 0 Å². The van der Waals surface area contributed by atoms with Gasteiger partial charge in [-0.1, -0.05) is 11.1 Å². The van der Waals surface area contributed by atoms with Gasteiger partial charge in [-0.05, 0) is 26.2 Å². The fourth-order valence-electron chi connectivity index (χ4n) is 0.960. The summed E-state index contributed by atoms with van der Waals surface area (Å²) >= 11 is 0. The van der Waals surface area contributed by atoms with Crippen molar-refractivity contribution in [2.24, 2.45) is 0 Å². The monoisotopic (exact) mass is 140 g/mol. The van der Waals surface area contributed by atoms with Crippen molar-refractivity contribution >= 4 is 5.97 Å². The Bertz CT molecular complexity index is 174. The van der Waals surface area contributed by atoms with Crippen LogP contribution in [-0.2, 0) is 4.79 Å². The molecule has 2 heteroatoms. The van der Waals surface area contributed by atoms with Crippen molar-refractivity contribution in [3.63, 3.8) is 0 Å². The summed E-state index contributed by atoms with van der Waals surface area (Å²) in [5.74, 6) is -0.694. The maximum absolute atomic E-state index is 10.1. The van der Waals surface area contributed by atoms with Crippen LogP contribution in [0.2, 0.25) is 0 Å². The van der Waals surface area contributed by atoms with Gasteiger partial charge in [0.2, 0.25) is 0 Å². The fourth-order valence-corrected chi connectivity index (χ4v) is 0.960. The van der Waals surface area contributed by atoms with Gasteiger partial charge < -0.3 is 5.11 Å². The number of allylic oxidation sites excluding steroid dienone is 2. The second-order valence-corrected chi connectivity index (χ2v) is 2.78. The number of carbonyl (C=O) groups is 1. The molecule has 0 aromatic carbocycles. The molecule has 1 aliphatic rings. The van der Waals surface area contributed by atoms with Crippen LogP contribution in [0.5, 0.6) is 0 Å². The predicted octanol–water partition coefficient (Wildman–Crippen LogP) is 1.96. The van der Waals surface area contributed by atoms with Gasteiger partial charge in [-0.15, -0.1) is 0 Å². The van der Waals surface area contributed by atoms with Crippen molar-refractivity contribution in [3.05, 3.63) is 11.1 Å². The largest absolute Gasteiger partial charge is 0.481 e. The average molecular weight is 140 g/mol. The lowest BCUT2D eigenvalue weighted by Gasteiger charge is -1.94. The molecule has 1 rings (SSSR count).